The summed E-state index contributed by atoms with van der Waals surface area (Å²) in [5.41, 5.74) is 2.79. The van der Waals surface area contributed by atoms with Crippen LogP contribution in [0, 0.1) is 0 Å². The highest BCUT2D eigenvalue weighted by atomic mass is 16.5. The van der Waals surface area contributed by atoms with E-state index in [0.29, 0.717) is 26.1 Å². The van der Waals surface area contributed by atoms with Crippen LogP contribution in [0.4, 0.5) is 4.79 Å². The predicted octanol–water partition coefficient (Wildman–Crippen LogP) is 1.02. The van der Waals surface area contributed by atoms with Crippen molar-refractivity contribution in [2.75, 3.05) is 33.7 Å². The van der Waals surface area contributed by atoms with E-state index >= 15 is 0 Å². The van der Waals surface area contributed by atoms with Gasteiger partial charge in [0.2, 0.25) is 11.8 Å². The number of hydrogen-bond acceptors (Lipinski definition) is 4. The van der Waals surface area contributed by atoms with E-state index in [2.05, 4.69) is 10.6 Å². The zero-order chi connectivity index (χ0) is 21.8. The van der Waals surface area contributed by atoms with E-state index in [0.717, 1.165) is 16.7 Å². The molecule has 0 spiro atoms. The Morgan fingerprint density at radius 2 is 2.00 bits per heavy atom. The van der Waals surface area contributed by atoms with Crippen molar-refractivity contribution in [3.05, 3.63) is 41.5 Å². The van der Waals surface area contributed by atoms with Crippen LogP contribution in [0.2, 0.25) is 0 Å². The maximum atomic E-state index is 12.6. The van der Waals surface area contributed by atoms with Crippen LogP contribution >= 0.6 is 0 Å². The van der Waals surface area contributed by atoms with E-state index in [9.17, 15) is 14.4 Å². The number of urea groups is 1. The Balaban J connectivity index is 1.67. The zero-order valence-electron chi connectivity index (χ0n) is 18.0. The van der Waals surface area contributed by atoms with Crippen molar-refractivity contribution in [1.29, 1.82) is 0 Å². The number of nitrogens with one attached hydrogen (secondary N) is 2. The monoisotopic (exact) mass is 414 g/mol. The molecule has 1 atom stereocenters. The second-order valence-electron chi connectivity index (χ2n) is 8.07. The third-order valence-corrected chi connectivity index (χ3v) is 5.25. The van der Waals surface area contributed by atoms with Crippen LogP contribution in [0.25, 0.3) is 5.57 Å². The molecule has 1 fully saturated rings. The van der Waals surface area contributed by atoms with Crippen LogP contribution < -0.4 is 10.6 Å². The first-order valence-corrected chi connectivity index (χ1v) is 10.2. The van der Waals surface area contributed by atoms with Crippen molar-refractivity contribution in [3.63, 3.8) is 0 Å². The van der Waals surface area contributed by atoms with Crippen molar-refractivity contribution in [2.45, 2.75) is 38.5 Å². The number of hydrogen-bond donors (Lipinski definition) is 2. The van der Waals surface area contributed by atoms with Crippen molar-refractivity contribution in [3.8, 4) is 0 Å². The van der Waals surface area contributed by atoms with Gasteiger partial charge in [0.15, 0.2) is 0 Å². The molecule has 3 rings (SSSR count). The van der Waals surface area contributed by atoms with Gasteiger partial charge in [-0.25, -0.2) is 4.79 Å². The van der Waals surface area contributed by atoms with Gasteiger partial charge in [-0.2, -0.15) is 0 Å². The molecule has 8 heteroatoms. The van der Waals surface area contributed by atoms with Gasteiger partial charge in [-0.15, -0.1) is 0 Å². The van der Waals surface area contributed by atoms with Gasteiger partial charge in [-0.1, -0.05) is 24.3 Å². The summed E-state index contributed by atoms with van der Waals surface area (Å²) in [5.74, 6) is -0.0792. The molecule has 0 bridgehead atoms. The number of carbonyl (C=O) groups is 3. The number of likely N-dealkylation sites (tertiary alicyclic amines) is 1. The summed E-state index contributed by atoms with van der Waals surface area (Å²) in [6, 6.07) is 6.65. The van der Waals surface area contributed by atoms with Crippen LogP contribution in [0.1, 0.15) is 25.0 Å². The Kier molecular flexibility index (Phi) is 6.77. The van der Waals surface area contributed by atoms with E-state index in [1.54, 1.807) is 18.0 Å². The molecule has 0 saturated carbocycles. The Morgan fingerprint density at radius 1 is 1.27 bits per heavy atom. The summed E-state index contributed by atoms with van der Waals surface area (Å²) in [6.07, 6.45) is 2.40. The first-order chi connectivity index (χ1) is 14.3. The molecule has 2 aliphatic rings. The topological polar surface area (TPSA) is 91.0 Å². The van der Waals surface area contributed by atoms with Gasteiger partial charge in [-0.05, 0) is 36.6 Å². The maximum Gasteiger partial charge on any atom is 0.315 e. The minimum absolute atomic E-state index is 0.0832. The lowest BCUT2D eigenvalue weighted by Crippen LogP contribution is -2.55. The molecule has 2 N–H and O–H groups in total. The Morgan fingerprint density at radius 3 is 2.67 bits per heavy atom. The van der Waals surface area contributed by atoms with Crippen molar-refractivity contribution >= 4 is 23.4 Å². The number of ether oxygens (including phenoxy) is 1. The molecule has 8 nitrogen and oxygen atoms in total. The second kappa shape index (κ2) is 9.30. The van der Waals surface area contributed by atoms with Gasteiger partial charge in [0.05, 0.1) is 18.6 Å². The van der Waals surface area contributed by atoms with Crippen molar-refractivity contribution in [2.24, 2.45) is 0 Å². The SMILES string of the molecule is CNC(=O)NC1C=C(c2cccc(CC(=O)N3CC(OC(C)C)C3)c2)CN(C)C1=O. The van der Waals surface area contributed by atoms with Crippen molar-refractivity contribution < 1.29 is 19.1 Å². The lowest BCUT2D eigenvalue weighted by molar-refractivity contribution is -0.147. The highest BCUT2D eigenvalue weighted by Crippen LogP contribution is 2.23. The predicted molar refractivity (Wildman–Crippen MR) is 114 cm³/mol. The molecular weight excluding hydrogens is 384 g/mol. The van der Waals surface area contributed by atoms with Crippen LogP contribution in [0.3, 0.4) is 0 Å². The summed E-state index contributed by atoms with van der Waals surface area (Å²) in [6.45, 7) is 5.72. The molecule has 0 radical (unpaired) electrons. The van der Waals surface area contributed by atoms with Crippen LogP contribution in [0.5, 0.6) is 0 Å². The summed E-state index contributed by atoms with van der Waals surface area (Å²) < 4.78 is 5.71. The molecule has 162 valence electrons. The largest absolute Gasteiger partial charge is 0.372 e. The molecule has 0 aliphatic carbocycles. The Bertz CT molecular complexity index is 845. The molecule has 2 heterocycles. The van der Waals surface area contributed by atoms with Gasteiger partial charge < -0.3 is 25.2 Å². The van der Waals surface area contributed by atoms with E-state index in [1.165, 1.54) is 7.05 Å². The van der Waals surface area contributed by atoms with Gasteiger partial charge in [0.1, 0.15) is 6.04 Å². The zero-order valence-corrected chi connectivity index (χ0v) is 18.0. The first kappa shape index (κ1) is 21.8. The minimum Gasteiger partial charge on any atom is -0.372 e. The number of nitrogens with zero attached hydrogens (tertiary/aromatic N) is 2. The van der Waals surface area contributed by atoms with E-state index in [1.807, 2.05) is 43.0 Å². The fourth-order valence-corrected chi connectivity index (χ4v) is 3.68. The van der Waals surface area contributed by atoms with Crippen molar-refractivity contribution in [1.82, 2.24) is 20.4 Å². The third-order valence-electron chi connectivity index (χ3n) is 5.25. The highest BCUT2D eigenvalue weighted by molar-refractivity contribution is 5.94. The summed E-state index contributed by atoms with van der Waals surface area (Å²) in [4.78, 5) is 40.0. The standard InChI is InChI=1S/C22H30N4O4/c1-14(2)30-18-12-26(13-18)20(27)9-15-6-5-7-16(8-15)17-10-19(24-22(29)23-3)21(28)25(4)11-17/h5-8,10,14,18-19H,9,11-13H2,1-4H3,(H2,23,24,29). The van der Waals surface area contributed by atoms with Crippen LogP contribution in [-0.4, -0.2) is 79.6 Å². The molecule has 4 amide bonds. The molecule has 0 aromatic heterocycles. The summed E-state index contributed by atoms with van der Waals surface area (Å²) in [5, 5.41) is 5.12. The smallest absolute Gasteiger partial charge is 0.315 e. The summed E-state index contributed by atoms with van der Waals surface area (Å²) >= 11 is 0. The number of rotatable bonds is 6. The lowest BCUT2D eigenvalue weighted by Gasteiger charge is -2.40. The van der Waals surface area contributed by atoms with Crippen LogP contribution in [-0.2, 0) is 20.7 Å². The maximum absolute atomic E-state index is 12.6. The molecule has 1 aromatic rings. The van der Waals surface area contributed by atoms with E-state index in [-0.39, 0.29) is 24.0 Å². The molecule has 1 aromatic carbocycles. The highest BCUT2D eigenvalue weighted by Gasteiger charge is 2.32. The van der Waals surface area contributed by atoms with Gasteiger partial charge in [0, 0.05) is 33.7 Å². The number of benzene rings is 1. The second-order valence-corrected chi connectivity index (χ2v) is 8.07. The first-order valence-electron chi connectivity index (χ1n) is 10.2. The van der Waals surface area contributed by atoms with E-state index in [4.69, 9.17) is 4.74 Å². The summed E-state index contributed by atoms with van der Waals surface area (Å²) in [7, 11) is 3.22. The Labute approximate surface area is 177 Å². The third kappa shape index (κ3) is 5.18. The van der Waals surface area contributed by atoms with Crippen LogP contribution in [0.15, 0.2) is 30.3 Å². The number of carbonyl (C=O) groups excluding carboxylic acids is 3. The molecule has 1 saturated heterocycles. The molecule has 1 unspecified atom stereocenters. The van der Waals surface area contributed by atoms with Gasteiger partial charge in [0.25, 0.3) is 0 Å². The fraction of sp³-hybridized carbons (Fsp3) is 0.500. The Hall–Kier alpha value is -2.87. The lowest BCUT2D eigenvalue weighted by atomic mass is 9.96. The average molecular weight is 415 g/mol. The number of amides is 4. The van der Waals surface area contributed by atoms with Gasteiger partial charge in [-0.3, -0.25) is 9.59 Å². The number of likely N-dealkylation sites (N-methyl/N-ethyl adjacent to an activating group) is 1. The average Bonchev–Trinajstić information content (AvgIpc) is 2.67. The molecular formula is C22H30N4O4. The molecule has 30 heavy (non-hydrogen) atoms. The van der Waals surface area contributed by atoms with E-state index < -0.39 is 12.1 Å². The quantitative estimate of drug-likeness (QED) is 0.727. The molecule has 2 aliphatic heterocycles. The fourth-order valence-electron chi connectivity index (χ4n) is 3.68. The minimum atomic E-state index is -0.719. The van der Waals surface area contributed by atoms with Gasteiger partial charge >= 0.3 is 6.03 Å². The normalized spacial score (nSPS) is 19.4.